The van der Waals surface area contributed by atoms with Gasteiger partial charge in [-0.05, 0) is 49.2 Å². The molecule has 1 aromatic heterocycles. The standard InChI is InChI=1S/C15H18NOSSi/c1-12-6-7-14(15(11-12)17-19(2)3)16-9-8-13-5-4-10-18-13/h4-7,9-11H,8H2,1-3H3/p+1. The zero-order chi connectivity index (χ0) is 13.7. The molecule has 1 heterocycles. The molecule has 0 fully saturated rings. The fraction of sp³-hybridized carbons (Fsp3) is 0.267. The van der Waals surface area contributed by atoms with Crippen molar-refractivity contribution in [1.29, 1.82) is 0 Å². The monoisotopic (exact) mass is 289 g/mol. The van der Waals surface area contributed by atoms with Crippen LogP contribution in [0.5, 0.6) is 5.75 Å². The van der Waals surface area contributed by atoms with E-state index in [1.807, 2.05) is 12.3 Å². The average Bonchev–Trinajstić information content (AvgIpc) is 2.84. The maximum absolute atomic E-state index is 5.90. The van der Waals surface area contributed by atoms with Crippen molar-refractivity contribution in [1.82, 2.24) is 0 Å². The maximum atomic E-state index is 5.90. The molecule has 0 saturated heterocycles. The molecule has 4 heteroatoms. The van der Waals surface area contributed by atoms with Crippen LogP contribution in [0.15, 0.2) is 40.7 Å². The quantitative estimate of drug-likeness (QED) is 0.575. The van der Waals surface area contributed by atoms with Crippen molar-refractivity contribution >= 4 is 32.3 Å². The van der Waals surface area contributed by atoms with Crippen molar-refractivity contribution in [3.8, 4) is 5.75 Å². The van der Waals surface area contributed by atoms with Crippen LogP contribution in [0.4, 0.5) is 5.69 Å². The lowest BCUT2D eigenvalue weighted by molar-refractivity contribution is 0.581. The molecule has 0 bridgehead atoms. The van der Waals surface area contributed by atoms with Crippen LogP contribution >= 0.6 is 11.3 Å². The predicted octanol–water partition coefficient (Wildman–Crippen LogP) is 4.74. The first kappa shape index (κ1) is 14.0. The molecule has 2 rings (SSSR count). The van der Waals surface area contributed by atoms with Gasteiger partial charge in [-0.1, -0.05) is 12.1 Å². The Balaban J connectivity index is 0.00000200. The van der Waals surface area contributed by atoms with Gasteiger partial charge in [-0.2, -0.15) is 0 Å². The molecule has 2 aromatic rings. The van der Waals surface area contributed by atoms with E-state index in [9.17, 15) is 0 Å². The minimum atomic E-state index is -0.765. The molecule has 0 spiro atoms. The van der Waals surface area contributed by atoms with Crippen molar-refractivity contribution in [3.05, 3.63) is 46.2 Å². The number of aryl methyl sites for hydroxylation is 1. The summed E-state index contributed by atoms with van der Waals surface area (Å²) in [6, 6.07) is 10.4. The van der Waals surface area contributed by atoms with E-state index in [0.717, 1.165) is 17.9 Å². The van der Waals surface area contributed by atoms with Crippen LogP contribution in [0.2, 0.25) is 13.1 Å². The first-order valence-corrected chi connectivity index (χ1v) is 9.57. The summed E-state index contributed by atoms with van der Waals surface area (Å²) in [5, 5.41) is 2.09. The lowest BCUT2D eigenvalue weighted by Gasteiger charge is -2.11. The van der Waals surface area contributed by atoms with Crippen LogP contribution in [-0.4, -0.2) is 15.3 Å². The molecular weight excluding hydrogens is 270 g/mol. The summed E-state index contributed by atoms with van der Waals surface area (Å²) in [7, 11) is -0.765. The molecule has 0 saturated carbocycles. The average molecular weight is 289 g/mol. The highest BCUT2D eigenvalue weighted by atomic mass is 32.1. The van der Waals surface area contributed by atoms with E-state index < -0.39 is 9.04 Å². The van der Waals surface area contributed by atoms with E-state index >= 15 is 0 Å². The van der Waals surface area contributed by atoms with Crippen molar-refractivity contribution in [2.75, 3.05) is 0 Å². The molecule has 1 aromatic carbocycles. The van der Waals surface area contributed by atoms with Crippen LogP contribution < -0.4 is 4.43 Å². The Kier molecular flexibility index (Phi) is 4.93. The number of benzene rings is 1. The minimum Gasteiger partial charge on any atom is -0.541 e. The molecule has 19 heavy (non-hydrogen) atoms. The van der Waals surface area contributed by atoms with Crippen molar-refractivity contribution in [2.45, 2.75) is 26.4 Å². The molecule has 1 radical (unpaired) electrons. The highest BCUT2D eigenvalue weighted by molar-refractivity contribution is 7.10. The van der Waals surface area contributed by atoms with E-state index in [-0.39, 0.29) is 1.43 Å². The summed E-state index contributed by atoms with van der Waals surface area (Å²) in [5.41, 5.74) is 2.13. The summed E-state index contributed by atoms with van der Waals surface area (Å²) in [6.45, 7) is 6.34. The highest BCUT2D eigenvalue weighted by Gasteiger charge is 2.06. The fourth-order valence-corrected chi connectivity index (χ4v) is 2.96. The molecule has 0 aliphatic heterocycles. The first-order chi connectivity index (χ1) is 9.15. The van der Waals surface area contributed by atoms with Crippen molar-refractivity contribution < 1.29 is 5.85 Å². The van der Waals surface area contributed by atoms with Crippen LogP contribution in [0.3, 0.4) is 0 Å². The molecular formula is C15H19NOSSi+. The largest absolute Gasteiger partial charge is 1.00 e. The predicted molar refractivity (Wildman–Crippen MR) is 86.6 cm³/mol. The van der Waals surface area contributed by atoms with Crippen LogP contribution in [0.25, 0.3) is 0 Å². The summed E-state index contributed by atoms with van der Waals surface area (Å²) in [4.78, 5) is 5.88. The summed E-state index contributed by atoms with van der Waals surface area (Å²) >= 11 is 1.76. The Bertz CT molecular complexity index is 555. The molecule has 0 aliphatic carbocycles. The van der Waals surface area contributed by atoms with E-state index in [0.29, 0.717) is 0 Å². The molecule has 2 nitrogen and oxygen atoms in total. The van der Waals surface area contributed by atoms with E-state index in [2.05, 4.69) is 54.7 Å². The van der Waals surface area contributed by atoms with Gasteiger partial charge in [0, 0.05) is 17.5 Å². The molecule has 0 amide bonds. The van der Waals surface area contributed by atoms with E-state index in [4.69, 9.17) is 4.43 Å². The number of thiophene rings is 1. The van der Waals surface area contributed by atoms with Gasteiger partial charge in [-0.3, -0.25) is 4.99 Å². The third kappa shape index (κ3) is 4.33. The van der Waals surface area contributed by atoms with Gasteiger partial charge in [0.2, 0.25) is 0 Å². The number of hydrogen-bond donors (Lipinski definition) is 0. The highest BCUT2D eigenvalue weighted by Crippen LogP contribution is 2.29. The second-order valence-electron chi connectivity index (χ2n) is 4.58. The topological polar surface area (TPSA) is 21.6 Å². The van der Waals surface area contributed by atoms with Gasteiger partial charge in [0.05, 0.1) is 0 Å². The lowest BCUT2D eigenvalue weighted by Crippen LogP contribution is -2.11. The van der Waals surface area contributed by atoms with Crippen LogP contribution in [0, 0.1) is 6.92 Å². The molecule has 0 aliphatic rings. The van der Waals surface area contributed by atoms with Gasteiger partial charge in [-0.15, -0.1) is 11.3 Å². The van der Waals surface area contributed by atoms with Crippen LogP contribution in [-0.2, 0) is 6.42 Å². The van der Waals surface area contributed by atoms with E-state index in [1.165, 1.54) is 10.4 Å². The van der Waals surface area contributed by atoms with Gasteiger partial charge in [0.25, 0.3) is 9.04 Å². The van der Waals surface area contributed by atoms with Gasteiger partial charge in [0.15, 0.2) is 0 Å². The second-order valence-corrected chi connectivity index (χ2v) is 7.63. The first-order valence-electron chi connectivity index (χ1n) is 6.29. The Morgan fingerprint density at radius 2 is 2.21 bits per heavy atom. The summed E-state index contributed by atoms with van der Waals surface area (Å²) in [6.07, 6.45) is 2.84. The zero-order valence-corrected chi connectivity index (χ0v) is 13.3. The third-order valence-electron chi connectivity index (χ3n) is 2.53. The fourth-order valence-electron chi connectivity index (χ4n) is 1.69. The Morgan fingerprint density at radius 1 is 1.37 bits per heavy atom. The Hall–Kier alpha value is -1.39. The summed E-state index contributed by atoms with van der Waals surface area (Å²) in [5.74, 6) is 0.904. The number of hydrogen-bond acceptors (Lipinski definition) is 3. The van der Waals surface area contributed by atoms with E-state index in [1.54, 1.807) is 11.3 Å². The normalized spacial score (nSPS) is 11.4. The Labute approximate surface area is 122 Å². The van der Waals surface area contributed by atoms with Crippen molar-refractivity contribution in [3.63, 3.8) is 0 Å². The molecule has 99 valence electrons. The third-order valence-corrected chi connectivity index (χ3v) is 4.06. The summed E-state index contributed by atoms with van der Waals surface area (Å²) < 4.78 is 5.90. The molecule has 0 unspecified atom stereocenters. The lowest BCUT2D eigenvalue weighted by atomic mass is 10.2. The second kappa shape index (κ2) is 6.68. The number of nitrogens with zero attached hydrogens (tertiary/aromatic N) is 1. The van der Waals surface area contributed by atoms with Gasteiger partial charge < -0.3 is 4.43 Å². The van der Waals surface area contributed by atoms with Crippen molar-refractivity contribution in [2.24, 2.45) is 4.99 Å². The number of rotatable bonds is 5. The zero-order valence-electron chi connectivity index (χ0n) is 12.5. The van der Waals surface area contributed by atoms with Crippen LogP contribution in [0.1, 0.15) is 11.9 Å². The molecule has 0 atom stereocenters. The Morgan fingerprint density at radius 3 is 2.89 bits per heavy atom. The minimum absolute atomic E-state index is 0. The maximum Gasteiger partial charge on any atom is 1.00 e. The van der Waals surface area contributed by atoms with Gasteiger partial charge in [-0.25, -0.2) is 0 Å². The number of aliphatic imine (C=N–C) groups is 1. The van der Waals surface area contributed by atoms with Gasteiger partial charge in [0.1, 0.15) is 11.4 Å². The SMILES string of the molecule is Cc1ccc(N=CCc2cccs2)c(O[Si](C)C)c1.[H+]. The van der Waals surface area contributed by atoms with Gasteiger partial charge >= 0.3 is 1.43 Å². The smallest absolute Gasteiger partial charge is 0.541 e. The molecule has 0 N–H and O–H groups in total.